The lowest BCUT2D eigenvalue weighted by molar-refractivity contribution is -0.150. The Balaban J connectivity index is 1.35. The Hall–Kier alpha value is -3.65. The quantitative estimate of drug-likeness (QED) is 0.530. The fourth-order valence-electron chi connectivity index (χ4n) is 2.34. The second kappa shape index (κ2) is 10.8. The molecule has 0 aliphatic carbocycles. The second-order valence-corrected chi connectivity index (χ2v) is 7.00. The van der Waals surface area contributed by atoms with Crippen molar-refractivity contribution in [2.24, 2.45) is 0 Å². The minimum Gasteiger partial charge on any atom is -0.489 e. The van der Waals surface area contributed by atoms with E-state index >= 15 is 0 Å². The summed E-state index contributed by atoms with van der Waals surface area (Å²) in [6, 6.07) is 19.9. The summed E-state index contributed by atoms with van der Waals surface area (Å²) in [7, 11) is 0. The fraction of sp³-hybridized carbons (Fsp3) is 0.136. The zero-order valence-electron chi connectivity index (χ0n) is 15.9. The van der Waals surface area contributed by atoms with Crippen LogP contribution in [0.1, 0.15) is 15.2 Å². The van der Waals surface area contributed by atoms with E-state index in [1.54, 1.807) is 41.8 Å². The Bertz CT molecular complexity index is 971. The number of carbonyl (C=O) groups excluding carboxylic acids is 3. The molecule has 0 aliphatic heterocycles. The van der Waals surface area contributed by atoms with Gasteiger partial charge >= 0.3 is 5.97 Å². The first kappa shape index (κ1) is 21.1. The Labute approximate surface area is 177 Å². The summed E-state index contributed by atoms with van der Waals surface area (Å²) in [6.45, 7) is -0.480. The van der Waals surface area contributed by atoms with Crippen molar-refractivity contribution in [3.05, 3.63) is 82.6 Å². The van der Waals surface area contributed by atoms with Crippen LogP contribution >= 0.6 is 11.3 Å². The van der Waals surface area contributed by atoms with Crippen molar-refractivity contribution < 1.29 is 28.6 Å². The van der Waals surface area contributed by atoms with E-state index in [2.05, 4.69) is 5.32 Å². The third-order valence-corrected chi connectivity index (χ3v) is 4.66. The zero-order valence-corrected chi connectivity index (χ0v) is 16.7. The van der Waals surface area contributed by atoms with Crippen molar-refractivity contribution in [3.8, 4) is 11.5 Å². The SMILES string of the molecule is O=C(COC(=O)COc1ccc(OCc2ccccc2)cc1)NC(=O)c1cccs1. The number of esters is 1. The molecule has 0 saturated heterocycles. The molecule has 0 fully saturated rings. The van der Waals surface area contributed by atoms with Crippen LogP contribution in [0.4, 0.5) is 0 Å². The van der Waals surface area contributed by atoms with Crippen LogP contribution in [-0.2, 0) is 20.9 Å². The molecule has 2 amide bonds. The fourth-order valence-corrected chi connectivity index (χ4v) is 2.95. The summed E-state index contributed by atoms with van der Waals surface area (Å²) in [5, 5.41) is 3.86. The molecule has 1 heterocycles. The van der Waals surface area contributed by atoms with E-state index in [0.29, 0.717) is 23.0 Å². The number of benzene rings is 2. The number of ether oxygens (including phenoxy) is 3. The maximum atomic E-state index is 11.7. The van der Waals surface area contributed by atoms with Crippen molar-refractivity contribution in [3.63, 3.8) is 0 Å². The summed E-state index contributed by atoms with van der Waals surface area (Å²) in [6.07, 6.45) is 0. The number of imide groups is 1. The van der Waals surface area contributed by atoms with E-state index in [9.17, 15) is 14.4 Å². The molecule has 0 bridgehead atoms. The summed E-state index contributed by atoms with van der Waals surface area (Å²) in [5.74, 6) is -0.839. The van der Waals surface area contributed by atoms with Crippen molar-refractivity contribution in [1.82, 2.24) is 5.32 Å². The Morgan fingerprint density at radius 2 is 1.50 bits per heavy atom. The molecule has 0 aliphatic rings. The van der Waals surface area contributed by atoms with Gasteiger partial charge in [-0.3, -0.25) is 14.9 Å². The molecule has 30 heavy (non-hydrogen) atoms. The first-order valence-electron chi connectivity index (χ1n) is 9.03. The van der Waals surface area contributed by atoms with Gasteiger partial charge < -0.3 is 14.2 Å². The van der Waals surface area contributed by atoms with Crippen LogP contribution < -0.4 is 14.8 Å². The van der Waals surface area contributed by atoms with Crippen LogP contribution in [0.15, 0.2) is 72.1 Å². The van der Waals surface area contributed by atoms with Gasteiger partial charge in [0.15, 0.2) is 13.2 Å². The second-order valence-electron chi connectivity index (χ2n) is 6.05. The van der Waals surface area contributed by atoms with E-state index in [1.807, 2.05) is 30.3 Å². The maximum Gasteiger partial charge on any atom is 0.344 e. The van der Waals surface area contributed by atoms with Crippen molar-refractivity contribution >= 4 is 29.1 Å². The van der Waals surface area contributed by atoms with Gasteiger partial charge in [0, 0.05) is 0 Å². The summed E-state index contributed by atoms with van der Waals surface area (Å²) < 4.78 is 15.8. The molecule has 0 atom stereocenters. The van der Waals surface area contributed by atoms with Crippen LogP contribution in [0.2, 0.25) is 0 Å². The molecule has 3 aromatic rings. The molecule has 0 saturated carbocycles. The molecule has 0 spiro atoms. The number of thiophene rings is 1. The molecule has 8 heteroatoms. The maximum absolute atomic E-state index is 11.7. The van der Waals surface area contributed by atoms with E-state index in [4.69, 9.17) is 14.2 Å². The van der Waals surface area contributed by atoms with Gasteiger partial charge in [-0.05, 0) is 41.3 Å². The van der Waals surface area contributed by atoms with E-state index in [-0.39, 0.29) is 6.61 Å². The third kappa shape index (κ3) is 6.75. The summed E-state index contributed by atoms with van der Waals surface area (Å²) in [5.41, 5.74) is 1.06. The minimum absolute atomic E-state index is 0.365. The molecule has 3 rings (SSSR count). The number of hydrogen-bond donors (Lipinski definition) is 1. The molecular formula is C22H19NO6S. The van der Waals surface area contributed by atoms with Gasteiger partial charge in [-0.2, -0.15) is 0 Å². The molecule has 7 nitrogen and oxygen atoms in total. The van der Waals surface area contributed by atoms with Gasteiger partial charge in [0.2, 0.25) is 0 Å². The van der Waals surface area contributed by atoms with Gasteiger partial charge in [-0.25, -0.2) is 4.79 Å². The molecular weight excluding hydrogens is 406 g/mol. The average molecular weight is 425 g/mol. The molecule has 0 radical (unpaired) electrons. The predicted molar refractivity (Wildman–Crippen MR) is 110 cm³/mol. The summed E-state index contributed by atoms with van der Waals surface area (Å²) in [4.78, 5) is 35.5. The number of rotatable bonds is 9. The van der Waals surface area contributed by atoms with E-state index in [1.165, 1.54) is 11.3 Å². The largest absolute Gasteiger partial charge is 0.489 e. The van der Waals surface area contributed by atoms with E-state index in [0.717, 1.165) is 5.56 Å². The van der Waals surface area contributed by atoms with Crippen molar-refractivity contribution in [2.45, 2.75) is 6.61 Å². The van der Waals surface area contributed by atoms with Gasteiger partial charge in [-0.15, -0.1) is 11.3 Å². The summed E-state index contributed by atoms with van der Waals surface area (Å²) >= 11 is 1.20. The first-order chi connectivity index (χ1) is 14.6. The Morgan fingerprint density at radius 3 is 2.17 bits per heavy atom. The molecule has 0 unspecified atom stereocenters. The topological polar surface area (TPSA) is 90.9 Å². The highest BCUT2D eigenvalue weighted by molar-refractivity contribution is 7.12. The monoisotopic (exact) mass is 425 g/mol. The lowest BCUT2D eigenvalue weighted by Crippen LogP contribution is -2.34. The van der Waals surface area contributed by atoms with Gasteiger partial charge in [-0.1, -0.05) is 36.4 Å². The zero-order chi connectivity index (χ0) is 21.2. The van der Waals surface area contributed by atoms with Gasteiger partial charge in [0.1, 0.15) is 18.1 Å². The van der Waals surface area contributed by atoms with Gasteiger partial charge in [0.25, 0.3) is 11.8 Å². The van der Waals surface area contributed by atoms with Crippen molar-refractivity contribution in [2.75, 3.05) is 13.2 Å². The standard InChI is InChI=1S/C22H19NO6S/c24-20(23-22(26)19-7-4-12-30-19)14-29-21(25)15-28-18-10-8-17(9-11-18)27-13-16-5-2-1-3-6-16/h1-12H,13-15H2,(H,23,24,26). The number of carbonyl (C=O) groups is 3. The van der Waals surface area contributed by atoms with Crippen LogP contribution in [0.3, 0.4) is 0 Å². The van der Waals surface area contributed by atoms with Crippen LogP contribution in [-0.4, -0.2) is 31.0 Å². The molecule has 154 valence electrons. The number of nitrogens with one attached hydrogen (secondary N) is 1. The van der Waals surface area contributed by atoms with Gasteiger partial charge in [0.05, 0.1) is 4.88 Å². The van der Waals surface area contributed by atoms with Crippen molar-refractivity contribution in [1.29, 1.82) is 0 Å². The Kier molecular flexibility index (Phi) is 7.57. The van der Waals surface area contributed by atoms with Crippen LogP contribution in [0, 0.1) is 0 Å². The highest BCUT2D eigenvalue weighted by Crippen LogP contribution is 2.18. The smallest absolute Gasteiger partial charge is 0.344 e. The molecule has 1 aromatic heterocycles. The third-order valence-electron chi connectivity index (χ3n) is 3.79. The lowest BCUT2D eigenvalue weighted by Gasteiger charge is -2.09. The Morgan fingerprint density at radius 1 is 0.800 bits per heavy atom. The first-order valence-corrected chi connectivity index (χ1v) is 9.91. The normalized spacial score (nSPS) is 10.1. The number of hydrogen-bond acceptors (Lipinski definition) is 7. The van der Waals surface area contributed by atoms with Crippen LogP contribution in [0.5, 0.6) is 11.5 Å². The highest BCUT2D eigenvalue weighted by Gasteiger charge is 2.13. The van der Waals surface area contributed by atoms with E-state index < -0.39 is 24.4 Å². The molecule has 2 aromatic carbocycles. The molecule has 1 N–H and O–H groups in total. The number of amides is 2. The lowest BCUT2D eigenvalue weighted by atomic mass is 10.2. The highest BCUT2D eigenvalue weighted by atomic mass is 32.1. The van der Waals surface area contributed by atoms with Crippen LogP contribution in [0.25, 0.3) is 0 Å². The predicted octanol–water partition coefficient (Wildman–Crippen LogP) is 3.21. The average Bonchev–Trinajstić information content (AvgIpc) is 3.31. The minimum atomic E-state index is -0.724.